The number of benzene rings is 1. The van der Waals surface area contributed by atoms with E-state index < -0.39 is 0 Å². The van der Waals surface area contributed by atoms with Crippen molar-refractivity contribution in [3.8, 4) is 0 Å². The van der Waals surface area contributed by atoms with Crippen molar-refractivity contribution in [3.05, 3.63) is 52.4 Å². The summed E-state index contributed by atoms with van der Waals surface area (Å²) in [6.07, 6.45) is 1.26. The fraction of sp³-hybridized carbons (Fsp3) is 0.478. The molecule has 0 bridgehead atoms. The predicted octanol–water partition coefficient (Wildman–Crippen LogP) is 4.78. The van der Waals surface area contributed by atoms with Crippen LogP contribution in [-0.4, -0.2) is 41.9 Å². The SMILES string of the molecule is CC1CC(C)CN(C(C)(C)CNC(=O)c2cccc(NC(=O)c3ccc(Br)o3)c2)C1. The third-order valence-electron chi connectivity index (χ3n) is 5.59. The number of carbonyl (C=O) groups is 2. The molecule has 7 heteroatoms. The fourth-order valence-electron chi connectivity index (χ4n) is 4.03. The maximum Gasteiger partial charge on any atom is 0.291 e. The van der Waals surface area contributed by atoms with Crippen molar-refractivity contribution in [3.63, 3.8) is 0 Å². The van der Waals surface area contributed by atoms with Gasteiger partial charge >= 0.3 is 0 Å². The van der Waals surface area contributed by atoms with Crippen LogP contribution in [0.1, 0.15) is 55.0 Å². The van der Waals surface area contributed by atoms with Crippen molar-refractivity contribution >= 4 is 33.4 Å². The van der Waals surface area contributed by atoms with E-state index in [0.717, 1.165) is 13.1 Å². The van der Waals surface area contributed by atoms with Gasteiger partial charge in [-0.15, -0.1) is 0 Å². The highest BCUT2D eigenvalue weighted by atomic mass is 79.9. The molecule has 2 heterocycles. The summed E-state index contributed by atoms with van der Waals surface area (Å²) in [6, 6.07) is 10.1. The van der Waals surface area contributed by atoms with Crippen LogP contribution in [0, 0.1) is 11.8 Å². The van der Waals surface area contributed by atoms with Gasteiger partial charge in [-0.3, -0.25) is 14.5 Å². The topological polar surface area (TPSA) is 74.6 Å². The minimum atomic E-state index is -0.368. The molecule has 1 aromatic carbocycles. The average Bonchev–Trinajstić information content (AvgIpc) is 3.12. The molecule has 2 N–H and O–H groups in total. The second-order valence-corrected chi connectivity index (χ2v) is 9.77. The number of piperidine rings is 1. The van der Waals surface area contributed by atoms with E-state index in [4.69, 9.17) is 4.42 Å². The van der Waals surface area contributed by atoms with Crippen molar-refractivity contribution in [2.45, 2.75) is 39.7 Å². The van der Waals surface area contributed by atoms with Gasteiger partial charge in [-0.05, 0) is 78.4 Å². The summed E-state index contributed by atoms with van der Waals surface area (Å²) in [5, 5.41) is 5.82. The first-order chi connectivity index (χ1) is 14.1. The summed E-state index contributed by atoms with van der Waals surface area (Å²) >= 11 is 3.18. The van der Waals surface area contributed by atoms with E-state index >= 15 is 0 Å². The van der Waals surface area contributed by atoms with E-state index in [1.807, 2.05) is 0 Å². The van der Waals surface area contributed by atoms with Gasteiger partial charge in [0.05, 0.1) is 0 Å². The molecule has 2 atom stereocenters. The zero-order chi connectivity index (χ0) is 21.9. The summed E-state index contributed by atoms with van der Waals surface area (Å²) in [5.74, 6) is 1.01. The predicted molar refractivity (Wildman–Crippen MR) is 122 cm³/mol. The number of nitrogens with one attached hydrogen (secondary N) is 2. The summed E-state index contributed by atoms with van der Waals surface area (Å²) in [6.45, 7) is 11.6. The van der Waals surface area contributed by atoms with Gasteiger partial charge in [-0.1, -0.05) is 19.9 Å². The Bertz CT molecular complexity index is 899. The van der Waals surface area contributed by atoms with Crippen LogP contribution in [0.2, 0.25) is 0 Å². The van der Waals surface area contributed by atoms with Gasteiger partial charge in [0.25, 0.3) is 11.8 Å². The van der Waals surface area contributed by atoms with Crippen LogP contribution in [0.4, 0.5) is 5.69 Å². The molecule has 1 fully saturated rings. The molecule has 0 radical (unpaired) electrons. The molecule has 162 valence electrons. The Morgan fingerprint density at radius 3 is 2.47 bits per heavy atom. The van der Waals surface area contributed by atoms with Crippen LogP contribution in [0.15, 0.2) is 45.5 Å². The summed E-state index contributed by atoms with van der Waals surface area (Å²) in [4.78, 5) is 27.5. The molecular weight excluding hydrogens is 446 g/mol. The van der Waals surface area contributed by atoms with Gasteiger partial charge in [0.2, 0.25) is 0 Å². The normalized spacial score (nSPS) is 20.0. The molecule has 0 spiro atoms. The summed E-state index contributed by atoms with van der Waals surface area (Å²) in [7, 11) is 0. The number of rotatable bonds is 6. The van der Waals surface area contributed by atoms with Gasteiger partial charge in [-0.25, -0.2) is 0 Å². The van der Waals surface area contributed by atoms with Crippen molar-refractivity contribution in [1.29, 1.82) is 0 Å². The van der Waals surface area contributed by atoms with Crippen molar-refractivity contribution in [2.24, 2.45) is 11.8 Å². The first-order valence-electron chi connectivity index (χ1n) is 10.3. The second-order valence-electron chi connectivity index (χ2n) is 8.98. The first-order valence-corrected chi connectivity index (χ1v) is 11.1. The first kappa shape index (κ1) is 22.6. The summed E-state index contributed by atoms with van der Waals surface area (Å²) in [5.41, 5.74) is 0.916. The number of furan rings is 1. The lowest BCUT2D eigenvalue weighted by molar-refractivity contribution is 0.0445. The lowest BCUT2D eigenvalue weighted by Crippen LogP contribution is -2.56. The van der Waals surface area contributed by atoms with Gasteiger partial charge in [0.15, 0.2) is 10.4 Å². The Labute approximate surface area is 186 Å². The third-order valence-corrected chi connectivity index (χ3v) is 6.01. The molecule has 6 nitrogen and oxygen atoms in total. The lowest BCUT2D eigenvalue weighted by Gasteiger charge is -2.45. The van der Waals surface area contributed by atoms with Gasteiger partial charge in [0, 0.05) is 36.4 Å². The molecular formula is C23H30BrN3O3. The standard InChI is InChI=1S/C23H30BrN3O3/c1-15-10-16(2)13-27(12-15)23(3,4)14-25-21(28)17-6-5-7-18(11-17)26-22(29)19-8-9-20(24)30-19/h5-9,11,15-16H,10,12-14H2,1-4H3,(H,25,28)(H,26,29). The molecule has 2 aromatic rings. The van der Waals surface area contributed by atoms with Gasteiger partial charge in [0.1, 0.15) is 0 Å². The largest absolute Gasteiger partial charge is 0.444 e. The monoisotopic (exact) mass is 475 g/mol. The van der Waals surface area contributed by atoms with E-state index in [1.165, 1.54) is 6.42 Å². The maximum absolute atomic E-state index is 12.7. The number of nitrogens with zero attached hydrogens (tertiary/aromatic N) is 1. The highest BCUT2D eigenvalue weighted by Gasteiger charge is 2.33. The van der Waals surface area contributed by atoms with Crippen LogP contribution in [0.3, 0.4) is 0 Å². The van der Waals surface area contributed by atoms with Crippen LogP contribution in [0.5, 0.6) is 0 Å². The Morgan fingerprint density at radius 1 is 1.13 bits per heavy atom. The molecule has 30 heavy (non-hydrogen) atoms. The molecule has 1 aliphatic rings. The van der Waals surface area contributed by atoms with Crippen LogP contribution in [-0.2, 0) is 0 Å². The van der Waals surface area contributed by atoms with E-state index in [-0.39, 0.29) is 23.1 Å². The lowest BCUT2D eigenvalue weighted by atomic mass is 9.88. The molecule has 3 rings (SSSR count). The molecule has 0 aliphatic carbocycles. The second kappa shape index (κ2) is 9.35. The van der Waals surface area contributed by atoms with Crippen molar-refractivity contribution < 1.29 is 14.0 Å². The molecule has 1 aliphatic heterocycles. The number of amides is 2. The highest BCUT2D eigenvalue weighted by Crippen LogP contribution is 2.27. The molecule has 1 aromatic heterocycles. The number of halogens is 1. The van der Waals surface area contributed by atoms with E-state index in [1.54, 1.807) is 36.4 Å². The Balaban J connectivity index is 1.60. The number of anilines is 1. The smallest absolute Gasteiger partial charge is 0.291 e. The Hall–Kier alpha value is -2.12. The van der Waals surface area contributed by atoms with Crippen LogP contribution in [0.25, 0.3) is 0 Å². The van der Waals surface area contributed by atoms with Crippen molar-refractivity contribution in [2.75, 3.05) is 25.0 Å². The van der Waals surface area contributed by atoms with E-state index in [0.29, 0.717) is 34.3 Å². The minimum absolute atomic E-state index is 0.128. The van der Waals surface area contributed by atoms with Gasteiger partial charge in [-0.2, -0.15) is 0 Å². The maximum atomic E-state index is 12.7. The molecule has 1 saturated heterocycles. The van der Waals surface area contributed by atoms with Crippen LogP contribution >= 0.6 is 15.9 Å². The molecule has 2 amide bonds. The van der Waals surface area contributed by atoms with E-state index in [2.05, 4.69) is 59.2 Å². The number of hydrogen-bond acceptors (Lipinski definition) is 4. The number of likely N-dealkylation sites (tertiary alicyclic amines) is 1. The van der Waals surface area contributed by atoms with Gasteiger partial charge < -0.3 is 15.1 Å². The summed E-state index contributed by atoms with van der Waals surface area (Å²) < 4.78 is 5.75. The zero-order valence-corrected chi connectivity index (χ0v) is 19.6. The zero-order valence-electron chi connectivity index (χ0n) is 18.0. The number of carbonyl (C=O) groups excluding carboxylic acids is 2. The average molecular weight is 476 g/mol. The van der Waals surface area contributed by atoms with E-state index in [9.17, 15) is 9.59 Å². The quantitative estimate of drug-likeness (QED) is 0.630. The minimum Gasteiger partial charge on any atom is -0.444 e. The third kappa shape index (κ3) is 5.73. The molecule has 0 saturated carbocycles. The molecule has 2 unspecified atom stereocenters. The Kier molecular flexibility index (Phi) is 7.03. The Morgan fingerprint density at radius 2 is 1.83 bits per heavy atom. The highest BCUT2D eigenvalue weighted by molar-refractivity contribution is 9.10. The number of hydrogen-bond donors (Lipinski definition) is 2. The fourth-order valence-corrected chi connectivity index (χ4v) is 4.34. The van der Waals surface area contributed by atoms with Crippen LogP contribution < -0.4 is 10.6 Å². The van der Waals surface area contributed by atoms with Crippen molar-refractivity contribution in [1.82, 2.24) is 10.2 Å².